The number of pyridine rings is 1. The van der Waals surface area contributed by atoms with Gasteiger partial charge in [-0.25, -0.2) is 0 Å². The molecule has 2 saturated heterocycles. The molecular weight excluding hydrogens is 432 g/mol. The number of nitrogens with zero attached hydrogens (tertiary/aromatic N) is 3. The first-order valence-corrected chi connectivity index (χ1v) is 12.4. The predicted octanol–water partition coefficient (Wildman–Crippen LogP) is 4.55. The van der Waals surface area contributed by atoms with Crippen LogP contribution in [0.3, 0.4) is 0 Å². The van der Waals surface area contributed by atoms with Crippen LogP contribution < -0.4 is 10.2 Å². The minimum atomic E-state index is -0.00118. The molecule has 0 atom stereocenters. The highest BCUT2D eigenvalue weighted by molar-refractivity contribution is 7.12. The van der Waals surface area contributed by atoms with Gasteiger partial charge in [0.1, 0.15) is 0 Å². The third kappa shape index (κ3) is 4.64. The number of thiophene rings is 1. The quantitative estimate of drug-likeness (QED) is 0.607. The molecular formula is C26H28N4O2S. The van der Waals surface area contributed by atoms with E-state index < -0.39 is 0 Å². The predicted molar refractivity (Wildman–Crippen MR) is 132 cm³/mol. The smallest absolute Gasteiger partial charge is 0.264 e. The average Bonchev–Trinajstić information content (AvgIpc) is 3.25. The van der Waals surface area contributed by atoms with Crippen LogP contribution in [0.4, 0.5) is 11.4 Å². The fourth-order valence-electron chi connectivity index (χ4n) is 4.63. The summed E-state index contributed by atoms with van der Waals surface area (Å²) in [5.41, 5.74) is 4.24. The summed E-state index contributed by atoms with van der Waals surface area (Å²) in [6.45, 7) is 5.01. The highest BCUT2D eigenvalue weighted by atomic mass is 32.1. The standard InChI is InChI=1S/C26H28N4O2S/c1-18-10-14-33-24(18)26(32)29-12-8-20(9-13-29)19-4-6-22(7-5-19)28-25(31)21-16-30(17-21)23-3-2-11-27-15-23/h2-7,10-11,14-15,20-21H,8-9,12-13,16-17H2,1H3,(H,28,31). The molecule has 2 amide bonds. The summed E-state index contributed by atoms with van der Waals surface area (Å²) in [7, 11) is 0. The van der Waals surface area contributed by atoms with E-state index in [0.717, 1.165) is 60.8 Å². The van der Waals surface area contributed by atoms with Crippen molar-refractivity contribution in [2.75, 3.05) is 36.4 Å². The van der Waals surface area contributed by atoms with Crippen molar-refractivity contribution in [2.45, 2.75) is 25.7 Å². The van der Waals surface area contributed by atoms with E-state index >= 15 is 0 Å². The van der Waals surface area contributed by atoms with Crippen molar-refractivity contribution in [1.29, 1.82) is 0 Å². The fraction of sp³-hybridized carbons (Fsp3) is 0.346. The lowest BCUT2D eigenvalue weighted by molar-refractivity contribution is -0.120. The van der Waals surface area contributed by atoms with E-state index in [-0.39, 0.29) is 17.7 Å². The SMILES string of the molecule is Cc1ccsc1C(=O)N1CCC(c2ccc(NC(=O)C3CN(c4cccnc4)C3)cc2)CC1. The molecule has 1 aromatic carbocycles. The minimum absolute atomic E-state index is 0.00118. The molecule has 2 aliphatic rings. The monoisotopic (exact) mass is 460 g/mol. The Hall–Kier alpha value is -3.19. The summed E-state index contributed by atoms with van der Waals surface area (Å²) in [5, 5.41) is 5.04. The highest BCUT2D eigenvalue weighted by Crippen LogP contribution is 2.31. The maximum atomic E-state index is 12.7. The van der Waals surface area contributed by atoms with Gasteiger partial charge in [-0.3, -0.25) is 14.6 Å². The van der Waals surface area contributed by atoms with Crippen LogP contribution in [0.25, 0.3) is 0 Å². The first kappa shape index (κ1) is 21.6. The van der Waals surface area contributed by atoms with E-state index in [1.165, 1.54) is 16.9 Å². The third-order valence-corrected chi connectivity index (χ3v) is 7.76. The zero-order valence-corrected chi connectivity index (χ0v) is 19.6. The molecule has 0 aliphatic carbocycles. The van der Waals surface area contributed by atoms with E-state index in [1.807, 2.05) is 53.7 Å². The molecule has 0 bridgehead atoms. The molecule has 4 heterocycles. The summed E-state index contributed by atoms with van der Waals surface area (Å²) in [5.74, 6) is 0.678. The van der Waals surface area contributed by atoms with Crippen LogP contribution in [0.1, 0.15) is 39.6 Å². The molecule has 2 aromatic heterocycles. The van der Waals surface area contributed by atoms with Crippen LogP contribution in [-0.4, -0.2) is 47.9 Å². The van der Waals surface area contributed by atoms with Crippen molar-refractivity contribution in [3.05, 3.63) is 76.2 Å². The van der Waals surface area contributed by atoms with Gasteiger partial charge >= 0.3 is 0 Å². The Kier molecular flexibility index (Phi) is 6.13. The molecule has 0 radical (unpaired) electrons. The Bertz CT molecular complexity index is 1110. The Morgan fingerprint density at radius 3 is 2.45 bits per heavy atom. The third-order valence-electron chi connectivity index (χ3n) is 6.75. The number of rotatable bonds is 5. The maximum absolute atomic E-state index is 12.7. The van der Waals surface area contributed by atoms with E-state index in [2.05, 4.69) is 27.3 Å². The maximum Gasteiger partial charge on any atom is 0.264 e. The van der Waals surface area contributed by atoms with E-state index in [4.69, 9.17) is 0 Å². The van der Waals surface area contributed by atoms with Gasteiger partial charge in [-0.2, -0.15) is 0 Å². The van der Waals surface area contributed by atoms with Crippen LogP contribution in [-0.2, 0) is 4.79 Å². The molecule has 33 heavy (non-hydrogen) atoms. The van der Waals surface area contributed by atoms with Gasteiger partial charge < -0.3 is 15.1 Å². The zero-order valence-electron chi connectivity index (χ0n) is 18.7. The number of amides is 2. The van der Waals surface area contributed by atoms with Gasteiger partial charge in [0, 0.05) is 38.1 Å². The van der Waals surface area contributed by atoms with Gasteiger partial charge in [-0.05, 0) is 72.5 Å². The molecule has 7 heteroatoms. The number of carbonyl (C=O) groups is 2. The summed E-state index contributed by atoms with van der Waals surface area (Å²) in [6, 6.07) is 14.2. The van der Waals surface area contributed by atoms with Gasteiger partial charge in [0.15, 0.2) is 0 Å². The number of carbonyl (C=O) groups excluding carboxylic acids is 2. The Balaban J connectivity index is 1.11. The van der Waals surface area contributed by atoms with Crippen molar-refractivity contribution in [3.8, 4) is 0 Å². The molecule has 2 fully saturated rings. The second kappa shape index (κ2) is 9.35. The number of likely N-dealkylation sites (tertiary alicyclic amines) is 1. The largest absolute Gasteiger partial charge is 0.369 e. The molecule has 0 unspecified atom stereocenters. The number of hydrogen-bond donors (Lipinski definition) is 1. The number of aryl methyl sites for hydroxylation is 1. The molecule has 0 saturated carbocycles. The van der Waals surface area contributed by atoms with Crippen molar-refractivity contribution < 1.29 is 9.59 Å². The summed E-state index contributed by atoms with van der Waals surface area (Å²) >= 11 is 1.53. The second-order valence-electron chi connectivity index (χ2n) is 8.92. The number of nitrogens with one attached hydrogen (secondary N) is 1. The summed E-state index contributed by atoms with van der Waals surface area (Å²) < 4.78 is 0. The molecule has 170 valence electrons. The normalized spacial score (nSPS) is 17.0. The number of aromatic nitrogens is 1. The Morgan fingerprint density at radius 1 is 1.06 bits per heavy atom. The molecule has 1 N–H and O–H groups in total. The first-order valence-electron chi connectivity index (χ1n) is 11.5. The van der Waals surface area contributed by atoms with Gasteiger partial charge in [-0.15, -0.1) is 11.3 Å². The van der Waals surface area contributed by atoms with Gasteiger partial charge in [0.05, 0.1) is 22.7 Å². The number of piperidine rings is 1. The Morgan fingerprint density at radius 2 is 1.82 bits per heavy atom. The molecule has 3 aromatic rings. The summed E-state index contributed by atoms with van der Waals surface area (Å²) in [6.07, 6.45) is 5.52. The van der Waals surface area contributed by atoms with E-state index in [9.17, 15) is 9.59 Å². The van der Waals surface area contributed by atoms with Crippen molar-refractivity contribution in [2.24, 2.45) is 5.92 Å². The van der Waals surface area contributed by atoms with Crippen molar-refractivity contribution in [3.63, 3.8) is 0 Å². The first-order chi connectivity index (χ1) is 16.1. The average molecular weight is 461 g/mol. The molecule has 6 nitrogen and oxygen atoms in total. The zero-order chi connectivity index (χ0) is 22.8. The molecule has 5 rings (SSSR count). The van der Waals surface area contributed by atoms with Crippen LogP contribution in [0.15, 0.2) is 60.2 Å². The van der Waals surface area contributed by atoms with E-state index in [1.54, 1.807) is 6.20 Å². The lowest BCUT2D eigenvalue weighted by Crippen LogP contribution is -2.52. The molecule has 0 spiro atoms. The molecule has 2 aliphatic heterocycles. The van der Waals surface area contributed by atoms with Crippen LogP contribution in [0, 0.1) is 12.8 Å². The lowest BCUT2D eigenvalue weighted by Gasteiger charge is -2.39. The van der Waals surface area contributed by atoms with E-state index in [0.29, 0.717) is 5.92 Å². The second-order valence-corrected chi connectivity index (χ2v) is 9.84. The van der Waals surface area contributed by atoms with Crippen molar-refractivity contribution in [1.82, 2.24) is 9.88 Å². The highest BCUT2D eigenvalue weighted by Gasteiger charge is 2.33. The Labute approximate surface area is 198 Å². The number of hydrogen-bond acceptors (Lipinski definition) is 5. The lowest BCUT2D eigenvalue weighted by atomic mass is 9.89. The topological polar surface area (TPSA) is 65.5 Å². The van der Waals surface area contributed by atoms with Gasteiger partial charge in [-0.1, -0.05) is 12.1 Å². The number of benzene rings is 1. The van der Waals surface area contributed by atoms with Gasteiger partial charge in [0.2, 0.25) is 5.91 Å². The van der Waals surface area contributed by atoms with Crippen molar-refractivity contribution >= 4 is 34.5 Å². The van der Waals surface area contributed by atoms with Crippen LogP contribution >= 0.6 is 11.3 Å². The fourth-order valence-corrected chi connectivity index (χ4v) is 5.52. The van der Waals surface area contributed by atoms with Crippen LogP contribution in [0.2, 0.25) is 0 Å². The van der Waals surface area contributed by atoms with Crippen LogP contribution in [0.5, 0.6) is 0 Å². The number of anilines is 2. The van der Waals surface area contributed by atoms with Gasteiger partial charge in [0.25, 0.3) is 5.91 Å². The minimum Gasteiger partial charge on any atom is -0.369 e. The summed E-state index contributed by atoms with van der Waals surface area (Å²) in [4.78, 5) is 34.5.